The summed E-state index contributed by atoms with van der Waals surface area (Å²) >= 11 is 0. The van der Waals surface area contributed by atoms with Crippen LogP contribution in [0.4, 0.5) is 0 Å². The van der Waals surface area contributed by atoms with E-state index in [2.05, 4.69) is 0 Å². The molecule has 0 amide bonds. The first kappa shape index (κ1) is 8.72. The van der Waals surface area contributed by atoms with Crippen molar-refractivity contribution in [2.24, 2.45) is 34.5 Å². The van der Waals surface area contributed by atoms with Crippen LogP contribution in [0, 0.1) is 0 Å². The average Bonchev–Trinajstić information content (AvgIpc) is 1.64. The molecular weight excluding hydrogens is 122 g/mol. The molecule has 0 heterocycles. The number of nitrogens with one attached hydrogen (secondary N) is 1. The molecule has 0 spiro atoms. The highest BCUT2D eigenvalue weighted by Crippen LogP contribution is 1.88. The number of hydrogen-bond acceptors (Lipinski definition) is 7. The third kappa shape index (κ3) is 1.84. The van der Waals surface area contributed by atoms with Crippen molar-refractivity contribution in [1.29, 1.82) is 0 Å². The first-order valence-corrected chi connectivity index (χ1v) is 2.23. The summed E-state index contributed by atoms with van der Waals surface area (Å²) in [4.78, 5) is 0. The molecule has 56 valence electrons. The van der Waals surface area contributed by atoms with Gasteiger partial charge in [0.25, 0.3) is 0 Å². The van der Waals surface area contributed by atoms with Gasteiger partial charge in [0.1, 0.15) is 0 Å². The number of nitrogens with two attached hydrogens (primary N) is 6. The molecule has 0 aliphatic rings. The summed E-state index contributed by atoms with van der Waals surface area (Å²) in [6, 6.07) is 0. The van der Waals surface area contributed by atoms with Crippen molar-refractivity contribution in [2.45, 2.75) is 11.6 Å². The fourth-order valence-corrected chi connectivity index (χ4v) is 0.125. The zero-order chi connectivity index (χ0) is 7.71. The van der Waals surface area contributed by atoms with Gasteiger partial charge in [-0.15, -0.1) is 0 Å². The quantitative estimate of drug-likeness (QED) is 0.114. The van der Waals surface area contributed by atoms with Gasteiger partial charge < -0.3 is 0 Å². The van der Waals surface area contributed by atoms with Crippen LogP contribution < -0.4 is 39.9 Å². The molecule has 13 N–H and O–H groups in total. The maximum Gasteiger partial charge on any atom is 0.177 e. The molecule has 0 bridgehead atoms. The summed E-state index contributed by atoms with van der Waals surface area (Å²) in [5, 5.41) is 0. The van der Waals surface area contributed by atoms with Crippen LogP contribution >= 0.6 is 0 Å². The smallest absolute Gasteiger partial charge is 0.177 e. The summed E-state index contributed by atoms with van der Waals surface area (Å²) in [6.07, 6.45) is 0. The van der Waals surface area contributed by atoms with Crippen molar-refractivity contribution >= 4 is 0 Å². The van der Waals surface area contributed by atoms with Crippen LogP contribution in [0.15, 0.2) is 0 Å². The molecule has 0 aromatic heterocycles. The monoisotopic (exact) mass is 135 g/mol. The number of hydrogen-bond donors (Lipinski definition) is 7. The highest BCUT2D eigenvalue weighted by molar-refractivity contribution is 4.90. The first-order chi connectivity index (χ1) is 3.81. The number of hydrazine groups is 1. The Morgan fingerprint density at radius 2 is 1.22 bits per heavy atom. The van der Waals surface area contributed by atoms with E-state index < -0.39 is 11.6 Å². The Kier molecular flexibility index (Phi) is 2.09. The normalized spacial score (nSPS) is 14.0. The Hall–Kier alpha value is -0.280. The molecule has 0 unspecified atom stereocenters. The Morgan fingerprint density at radius 1 is 0.889 bits per heavy atom. The standard InChI is InChI=1S/C2H13N7/c3-1(4,5)2(6,7)9-8/h9H,3-8H2. The molecule has 0 rings (SSSR count). The van der Waals surface area contributed by atoms with Crippen molar-refractivity contribution in [3.63, 3.8) is 0 Å². The fraction of sp³-hybridized carbons (Fsp3) is 1.00. The molecule has 0 fully saturated rings. The molecule has 7 heteroatoms. The summed E-state index contributed by atoms with van der Waals surface area (Å²) in [5.41, 5.74) is 27.5. The van der Waals surface area contributed by atoms with Crippen molar-refractivity contribution in [3.05, 3.63) is 0 Å². The molecule has 0 saturated heterocycles. The highest BCUT2D eigenvalue weighted by atomic mass is 15.5. The van der Waals surface area contributed by atoms with Crippen LogP contribution in [0.5, 0.6) is 0 Å². The second kappa shape index (κ2) is 2.15. The Labute approximate surface area is 52.7 Å². The fourth-order valence-electron chi connectivity index (χ4n) is 0.125. The third-order valence-electron chi connectivity index (χ3n) is 0.955. The number of rotatable bonds is 2. The summed E-state index contributed by atoms with van der Waals surface area (Å²) in [6.45, 7) is 0. The average molecular weight is 135 g/mol. The third-order valence-corrected chi connectivity index (χ3v) is 0.955. The minimum atomic E-state index is -1.73. The van der Waals surface area contributed by atoms with E-state index in [-0.39, 0.29) is 0 Å². The van der Waals surface area contributed by atoms with Crippen LogP contribution in [0.1, 0.15) is 0 Å². The lowest BCUT2D eigenvalue weighted by molar-refractivity contribution is 0.190. The SMILES string of the molecule is NNC(N)(N)C(N)(N)N. The summed E-state index contributed by atoms with van der Waals surface area (Å²) < 4.78 is 0. The lowest BCUT2D eigenvalue weighted by Crippen LogP contribution is -2.87. The Bertz CT molecular complexity index is 89.6. The topological polar surface area (TPSA) is 168 Å². The van der Waals surface area contributed by atoms with Crippen molar-refractivity contribution in [1.82, 2.24) is 5.43 Å². The van der Waals surface area contributed by atoms with Crippen molar-refractivity contribution < 1.29 is 0 Å². The molecule has 0 aliphatic heterocycles. The van der Waals surface area contributed by atoms with E-state index >= 15 is 0 Å². The minimum Gasteiger partial charge on any atom is -0.297 e. The van der Waals surface area contributed by atoms with Gasteiger partial charge in [-0.3, -0.25) is 34.5 Å². The largest absolute Gasteiger partial charge is 0.297 e. The highest BCUT2D eigenvalue weighted by Gasteiger charge is 2.35. The van der Waals surface area contributed by atoms with E-state index in [1.165, 1.54) is 0 Å². The van der Waals surface area contributed by atoms with Gasteiger partial charge in [0.05, 0.1) is 0 Å². The van der Waals surface area contributed by atoms with Crippen LogP contribution in [0.25, 0.3) is 0 Å². The molecule has 0 radical (unpaired) electrons. The lowest BCUT2D eigenvalue weighted by atomic mass is 10.2. The molecule has 0 aromatic carbocycles. The van der Waals surface area contributed by atoms with E-state index in [1.807, 2.05) is 5.43 Å². The molecule has 0 aromatic rings. The zero-order valence-corrected chi connectivity index (χ0v) is 4.96. The van der Waals surface area contributed by atoms with Crippen LogP contribution in [0.3, 0.4) is 0 Å². The van der Waals surface area contributed by atoms with E-state index in [9.17, 15) is 0 Å². The lowest BCUT2D eigenvalue weighted by Gasteiger charge is -2.35. The molecule has 9 heavy (non-hydrogen) atoms. The summed E-state index contributed by atoms with van der Waals surface area (Å²) in [5.74, 6) is 1.46. The second-order valence-electron chi connectivity index (χ2n) is 1.95. The molecular formula is C2H13N7. The van der Waals surface area contributed by atoms with Crippen LogP contribution in [0.2, 0.25) is 0 Å². The van der Waals surface area contributed by atoms with Gasteiger partial charge in [0, 0.05) is 0 Å². The Balaban J connectivity index is 4.14. The zero-order valence-electron chi connectivity index (χ0n) is 4.96. The molecule has 0 saturated carbocycles. The van der Waals surface area contributed by atoms with Gasteiger partial charge in [-0.25, -0.2) is 5.43 Å². The van der Waals surface area contributed by atoms with Gasteiger partial charge in [-0.2, -0.15) is 0 Å². The molecule has 7 nitrogen and oxygen atoms in total. The molecule has 0 aliphatic carbocycles. The van der Waals surface area contributed by atoms with Gasteiger partial charge in [-0.05, 0) is 0 Å². The van der Waals surface area contributed by atoms with Gasteiger partial charge in [-0.1, -0.05) is 0 Å². The van der Waals surface area contributed by atoms with Crippen LogP contribution in [-0.2, 0) is 0 Å². The van der Waals surface area contributed by atoms with Gasteiger partial charge >= 0.3 is 0 Å². The predicted molar refractivity (Wildman–Crippen MR) is 33.7 cm³/mol. The van der Waals surface area contributed by atoms with E-state index in [0.717, 1.165) is 0 Å². The van der Waals surface area contributed by atoms with E-state index in [4.69, 9.17) is 34.5 Å². The maximum atomic E-state index is 5.16. The summed E-state index contributed by atoms with van der Waals surface area (Å²) in [7, 11) is 0. The predicted octanol–water partition coefficient (Wildman–Crippen LogP) is -4.45. The molecule has 0 atom stereocenters. The van der Waals surface area contributed by atoms with Crippen LogP contribution in [-0.4, -0.2) is 11.6 Å². The maximum absolute atomic E-state index is 5.16. The first-order valence-electron chi connectivity index (χ1n) is 2.23. The second-order valence-corrected chi connectivity index (χ2v) is 1.95. The van der Waals surface area contributed by atoms with Gasteiger partial charge in [0.15, 0.2) is 11.6 Å². The minimum absolute atomic E-state index is 1.66. The van der Waals surface area contributed by atoms with E-state index in [1.54, 1.807) is 0 Å². The van der Waals surface area contributed by atoms with Gasteiger partial charge in [0.2, 0.25) is 0 Å². The Morgan fingerprint density at radius 3 is 1.22 bits per heavy atom. The van der Waals surface area contributed by atoms with Crippen molar-refractivity contribution in [3.8, 4) is 0 Å². The van der Waals surface area contributed by atoms with E-state index in [0.29, 0.717) is 0 Å². The van der Waals surface area contributed by atoms with Crippen molar-refractivity contribution in [2.75, 3.05) is 0 Å².